The van der Waals surface area contributed by atoms with Crippen LogP contribution in [0.3, 0.4) is 0 Å². The van der Waals surface area contributed by atoms with Crippen LogP contribution in [0.5, 0.6) is 0 Å². The zero-order chi connectivity index (χ0) is 27.8. The molecule has 3 aliphatic heterocycles. The van der Waals surface area contributed by atoms with Crippen molar-refractivity contribution in [3.05, 3.63) is 20.2 Å². The number of nitrogens with one attached hydrogen (secondary N) is 2. The molecule has 3 heterocycles. The van der Waals surface area contributed by atoms with Gasteiger partial charge in [0.05, 0.1) is 37.0 Å². The van der Waals surface area contributed by atoms with E-state index >= 15 is 0 Å². The Bertz CT molecular complexity index is 883. The van der Waals surface area contributed by atoms with Gasteiger partial charge in [0, 0.05) is 29.7 Å². The van der Waals surface area contributed by atoms with Gasteiger partial charge in [0.2, 0.25) is 0 Å². The van der Waals surface area contributed by atoms with Crippen molar-refractivity contribution in [2.24, 2.45) is 4.40 Å². The van der Waals surface area contributed by atoms with Crippen LogP contribution in [0, 0.1) is 20.2 Å². The highest BCUT2D eigenvalue weighted by Crippen LogP contribution is 2.47. The molecule has 0 amide bonds. The molecule has 15 nitrogen and oxygen atoms in total. The molecule has 16 heteroatoms. The van der Waals surface area contributed by atoms with Crippen LogP contribution in [0.4, 0.5) is 0 Å². The van der Waals surface area contributed by atoms with Gasteiger partial charge in [-0.15, -0.1) is 20.2 Å². The largest absolute Gasteiger partial charge is 0.367 e. The molecule has 5 atom stereocenters. The van der Waals surface area contributed by atoms with Gasteiger partial charge in [-0.2, -0.15) is 4.40 Å². The third kappa shape index (κ3) is 6.72. The van der Waals surface area contributed by atoms with Crippen molar-refractivity contribution >= 4 is 18.0 Å². The number of amidine groups is 1. The molecule has 2 saturated heterocycles. The molecule has 0 bridgehead atoms. The molecule has 0 aromatic carbocycles. The highest BCUT2D eigenvalue weighted by Gasteiger charge is 2.62. The topological polar surface area (TPSA) is 166 Å². The summed E-state index contributed by atoms with van der Waals surface area (Å²) in [6.07, 6.45) is -2.41. The first-order valence-corrected chi connectivity index (χ1v) is 12.9. The van der Waals surface area contributed by atoms with E-state index in [0.717, 1.165) is 12.1 Å². The van der Waals surface area contributed by atoms with Gasteiger partial charge in [-0.1, -0.05) is 0 Å². The second-order valence-electron chi connectivity index (χ2n) is 11.6. The quantitative estimate of drug-likeness (QED) is 0.225. The average molecular weight is 550 g/mol. The number of ether oxygens (including phenoxy) is 2. The number of hydrogen-bond acceptors (Lipinski definition) is 14. The first kappa shape index (κ1) is 29.6. The number of nitrogens with zero attached hydrogens (tertiary/aromatic N) is 5. The van der Waals surface area contributed by atoms with Crippen LogP contribution >= 0.6 is 12.1 Å². The molecule has 0 spiro atoms. The minimum atomic E-state index is -0.838. The average Bonchev–Trinajstić information content (AvgIpc) is 3.30. The van der Waals surface area contributed by atoms with Crippen LogP contribution in [0.25, 0.3) is 0 Å². The Balaban J connectivity index is 1.81. The monoisotopic (exact) mass is 549 g/mol. The second kappa shape index (κ2) is 11.0. The maximum Gasteiger partial charge on any atom is 0.294 e. The molecule has 0 aromatic heterocycles. The molecule has 3 aliphatic rings. The van der Waals surface area contributed by atoms with E-state index < -0.39 is 28.6 Å². The summed E-state index contributed by atoms with van der Waals surface area (Å²) in [5, 5.41) is 23.5. The molecule has 0 saturated carbocycles. The first-order chi connectivity index (χ1) is 17.0. The summed E-state index contributed by atoms with van der Waals surface area (Å²) >= 11 is 1.11. The Morgan fingerprint density at radius 1 is 1.24 bits per heavy atom. The van der Waals surface area contributed by atoms with Crippen molar-refractivity contribution in [3.63, 3.8) is 0 Å². The predicted molar refractivity (Wildman–Crippen MR) is 136 cm³/mol. The number of hydrogen-bond donors (Lipinski definition) is 2. The van der Waals surface area contributed by atoms with E-state index in [4.69, 9.17) is 14.3 Å². The fourth-order valence-corrected chi connectivity index (χ4v) is 5.75. The normalized spacial score (nSPS) is 29.9. The fourth-order valence-electron chi connectivity index (χ4n) is 5.13. The van der Waals surface area contributed by atoms with Crippen molar-refractivity contribution in [3.8, 4) is 0 Å². The van der Waals surface area contributed by atoms with Gasteiger partial charge in [0.25, 0.3) is 10.2 Å². The van der Waals surface area contributed by atoms with E-state index in [-0.39, 0.29) is 48.5 Å². The predicted octanol–water partition coefficient (Wildman–Crippen LogP) is 1.01. The highest BCUT2D eigenvalue weighted by molar-refractivity contribution is 7.96. The first-order valence-electron chi connectivity index (χ1n) is 12.1. The minimum Gasteiger partial charge on any atom is -0.367 e. The summed E-state index contributed by atoms with van der Waals surface area (Å²) in [5.74, 6) is 0.581. The zero-order valence-electron chi connectivity index (χ0n) is 22.6. The molecule has 3 rings (SSSR count). The summed E-state index contributed by atoms with van der Waals surface area (Å²) in [5.41, 5.74) is -1.00. The van der Waals surface area contributed by atoms with Crippen LogP contribution in [-0.4, -0.2) is 106 Å². The molecular formula is C21H39N7O8S. The van der Waals surface area contributed by atoms with Gasteiger partial charge >= 0.3 is 0 Å². The lowest BCUT2D eigenvalue weighted by Gasteiger charge is -2.48. The van der Waals surface area contributed by atoms with E-state index in [1.54, 1.807) is 0 Å². The Morgan fingerprint density at radius 3 is 2.51 bits per heavy atom. The molecule has 0 aromatic rings. The standard InChI is InChI=1S/C21H39N7O8S/c1-19(2,3)22-9-13(36-28(31)32)11-33-18-17(23-37-24-18)26-10-14(12-34-27(29)30)35-16-15(26)20(4,5)25(8)21(16,6)7/h13-16,18,22,24H,9-12H2,1-8H3/t13-,14?,15?,16?,18?/m0/s1. The molecule has 37 heavy (non-hydrogen) atoms. The van der Waals surface area contributed by atoms with E-state index in [2.05, 4.69) is 56.8 Å². The van der Waals surface area contributed by atoms with Gasteiger partial charge in [0.15, 0.2) is 12.1 Å². The van der Waals surface area contributed by atoms with Crippen molar-refractivity contribution < 1.29 is 29.3 Å². The van der Waals surface area contributed by atoms with Crippen LogP contribution in [0.15, 0.2) is 4.40 Å². The minimum absolute atomic E-state index is 0.0671. The molecule has 4 unspecified atom stereocenters. The van der Waals surface area contributed by atoms with Gasteiger partial charge in [-0.25, -0.2) is 4.72 Å². The Morgan fingerprint density at radius 2 is 1.92 bits per heavy atom. The lowest BCUT2D eigenvalue weighted by molar-refractivity contribution is -0.768. The van der Waals surface area contributed by atoms with Crippen molar-refractivity contribution in [1.29, 1.82) is 0 Å². The van der Waals surface area contributed by atoms with Crippen molar-refractivity contribution in [2.45, 2.75) is 95.7 Å². The van der Waals surface area contributed by atoms with Crippen LogP contribution in [-0.2, 0) is 19.1 Å². The number of likely N-dealkylation sites (tertiary alicyclic amines) is 1. The van der Waals surface area contributed by atoms with Gasteiger partial charge in [0.1, 0.15) is 12.7 Å². The molecule has 0 radical (unpaired) electrons. The number of rotatable bonds is 10. The van der Waals surface area contributed by atoms with E-state index in [1.165, 1.54) is 0 Å². The van der Waals surface area contributed by atoms with Crippen molar-refractivity contribution in [1.82, 2.24) is 19.8 Å². The van der Waals surface area contributed by atoms with Crippen molar-refractivity contribution in [2.75, 3.05) is 33.4 Å². The Hall–Kier alpha value is -1.98. The summed E-state index contributed by atoms with van der Waals surface area (Å²) in [6.45, 7) is 14.5. The summed E-state index contributed by atoms with van der Waals surface area (Å²) in [4.78, 5) is 35.7. The Labute approximate surface area is 221 Å². The van der Waals surface area contributed by atoms with Gasteiger partial charge in [-0.05, 0) is 55.5 Å². The Kier molecular flexibility index (Phi) is 8.81. The lowest BCUT2D eigenvalue weighted by Crippen LogP contribution is -2.65. The maximum absolute atomic E-state index is 11.0. The van der Waals surface area contributed by atoms with E-state index in [0.29, 0.717) is 12.4 Å². The molecule has 2 N–H and O–H groups in total. The summed E-state index contributed by atoms with van der Waals surface area (Å²) in [7, 11) is 2.03. The fraction of sp³-hybridized carbons (Fsp3) is 0.952. The smallest absolute Gasteiger partial charge is 0.294 e. The van der Waals surface area contributed by atoms with Crippen LogP contribution in [0.1, 0.15) is 48.5 Å². The summed E-state index contributed by atoms with van der Waals surface area (Å²) < 4.78 is 20.1. The molecule has 212 valence electrons. The maximum atomic E-state index is 11.0. The third-order valence-electron chi connectivity index (χ3n) is 7.25. The molecule has 0 aliphatic carbocycles. The van der Waals surface area contributed by atoms with Crippen LogP contribution < -0.4 is 10.0 Å². The summed E-state index contributed by atoms with van der Waals surface area (Å²) in [6, 6.07) is -0.155. The third-order valence-corrected chi connectivity index (χ3v) is 7.85. The van der Waals surface area contributed by atoms with Crippen LogP contribution in [0.2, 0.25) is 0 Å². The molecular weight excluding hydrogens is 510 g/mol. The van der Waals surface area contributed by atoms with Gasteiger partial charge < -0.3 is 29.4 Å². The lowest BCUT2D eigenvalue weighted by atomic mass is 9.87. The number of fused-ring (bicyclic) bond motifs is 1. The van der Waals surface area contributed by atoms with Gasteiger partial charge in [-0.3, -0.25) is 4.90 Å². The van der Waals surface area contributed by atoms with E-state index in [1.807, 2.05) is 27.8 Å². The second-order valence-corrected chi connectivity index (χ2v) is 12.2. The number of likely N-dealkylation sites (N-methyl/N-ethyl adjacent to an activating group) is 1. The SMILES string of the molecule is CN1C(C)(C)C2OC(CO[N+](=O)[O-])CN(C3=NSNC3OC[C@H](CNC(C)(C)C)O[N+](=O)[O-])C2C1(C)C. The van der Waals surface area contributed by atoms with E-state index in [9.17, 15) is 20.2 Å². The number of morpholine rings is 1. The highest BCUT2D eigenvalue weighted by atomic mass is 32.2. The zero-order valence-corrected chi connectivity index (χ0v) is 23.4. The molecule has 2 fully saturated rings.